The molecule has 2 heteroatoms. The highest BCUT2D eigenvalue weighted by Gasteiger charge is 2.15. The van der Waals surface area contributed by atoms with Crippen molar-refractivity contribution in [2.24, 2.45) is 0 Å². The highest BCUT2D eigenvalue weighted by Crippen LogP contribution is 2.30. The van der Waals surface area contributed by atoms with Crippen molar-refractivity contribution in [1.82, 2.24) is 0 Å². The van der Waals surface area contributed by atoms with E-state index in [-0.39, 0.29) is 5.78 Å². The lowest BCUT2D eigenvalue weighted by atomic mass is 9.93. The highest BCUT2D eigenvalue weighted by molar-refractivity contribution is 5.97. The summed E-state index contributed by atoms with van der Waals surface area (Å²) in [6, 6.07) is 4.02. The van der Waals surface area contributed by atoms with Crippen LogP contribution < -0.4 is 4.74 Å². The SMILES string of the molecule is CCCC(=O)c1cc(C(C)C)c(OCC)cc1C. The van der Waals surface area contributed by atoms with E-state index in [0.29, 0.717) is 18.9 Å². The molecular weight excluding hydrogens is 224 g/mol. The molecule has 0 aromatic heterocycles. The first-order valence-corrected chi connectivity index (χ1v) is 6.81. The van der Waals surface area contributed by atoms with Gasteiger partial charge in [0.25, 0.3) is 0 Å². The van der Waals surface area contributed by atoms with Crippen LogP contribution >= 0.6 is 0 Å². The van der Waals surface area contributed by atoms with Crippen molar-refractivity contribution < 1.29 is 9.53 Å². The van der Waals surface area contributed by atoms with Crippen molar-refractivity contribution >= 4 is 5.78 Å². The van der Waals surface area contributed by atoms with Gasteiger partial charge in [-0.05, 0) is 49.4 Å². The van der Waals surface area contributed by atoms with Crippen LogP contribution in [-0.4, -0.2) is 12.4 Å². The van der Waals surface area contributed by atoms with Gasteiger partial charge >= 0.3 is 0 Å². The van der Waals surface area contributed by atoms with E-state index < -0.39 is 0 Å². The van der Waals surface area contributed by atoms with Crippen molar-refractivity contribution in [3.05, 3.63) is 28.8 Å². The first-order chi connectivity index (χ1) is 8.51. The Morgan fingerprint density at radius 3 is 2.44 bits per heavy atom. The number of Topliss-reactive ketones (excluding diaryl/α,β-unsaturated/α-hetero) is 1. The summed E-state index contributed by atoms with van der Waals surface area (Å²) < 4.78 is 5.66. The predicted molar refractivity (Wildman–Crippen MR) is 75.7 cm³/mol. The van der Waals surface area contributed by atoms with E-state index >= 15 is 0 Å². The number of ketones is 1. The molecular formula is C16H24O2. The molecule has 0 fully saturated rings. The number of carbonyl (C=O) groups is 1. The average molecular weight is 248 g/mol. The molecule has 0 aliphatic rings. The van der Waals surface area contributed by atoms with E-state index in [2.05, 4.69) is 13.8 Å². The van der Waals surface area contributed by atoms with Crippen LogP contribution in [0, 0.1) is 6.92 Å². The summed E-state index contributed by atoms with van der Waals surface area (Å²) in [4.78, 5) is 12.1. The summed E-state index contributed by atoms with van der Waals surface area (Å²) in [6.07, 6.45) is 1.51. The molecule has 1 aromatic rings. The van der Waals surface area contributed by atoms with Crippen LogP contribution in [0.2, 0.25) is 0 Å². The molecule has 0 amide bonds. The summed E-state index contributed by atoms with van der Waals surface area (Å²) in [5, 5.41) is 0. The predicted octanol–water partition coefficient (Wildman–Crippen LogP) is 4.50. The van der Waals surface area contributed by atoms with Gasteiger partial charge in [-0.3, -0.25) is 4.79 Å². The smallest absolute Gasteiger partial charge is 0.163 e. The second-order valence-electron chi connectivity index (χ2n) is 4.97. The molecule has 0 unspecified atom stereocenters. The molecule has 0 bridgehead atoms. The number of rotatable bonds is 6. The third-order valence-corrected chi connectivity index (χ3v) is 3.06. The Morgan fingerprint density at radius 1 is 1.28 bits per heavy atom. The van der Waals surface area contributed by atoms with Gasteiger partial charge in [-0.2, -0.15) is 0 Å². The van der Waals surface area contributed by atoms with Gasteiger partial charge in [0.1, 0.15) is 5.75 Å². The molecule has 100 valence electrons. The van der Waals surface area contributed by atoms with E-state index in [1.807, 2.05) is 32.9 Å². The van der Waals surface area contributed by atoms with Gasteiger partial charge in [-0.15, -0.1) is 0 Å². The molecule has 0 saturated heterocycles. The fraction of sp³-hybridized carbons (Fsp3) is 0.562. The van der Waals surface area contributed by atoms with Crippen molar-refractivity contribution in [2.75, 3.05) is 6.61 Å². The second kappa shape index (κ2) is 6.58. The molecule has 18 heavy (non-hydrogen) atoms. The Kier molecular flexibility index (Phi) is 5.39. The zero-order valence-electron chi connectivity index (χ0n) is 12.2. The molecule has 1 aromatic carbocycles. The summed E-state index contributed by atoms with van der Waals surface area (Å²) in [5.74, 6) is 1.51. The van der Waals surface area contributed by atoms with Crippen LogP contribution in [0.25, 0.3) is 0 Å². The van der Waals surface area contributed by atoms with Crippen molar-refractivity contribution in [2.45, 2.75) is 53.4 Å². The van der Waals surface area contributed by atoms with E-state index in [1.165, 1.54) is 0 Å². The van der Waals surface area contributed by atoms with Gasteiger partial charge < -0.3 is 4.74 Å². The fourth-order valence-corrected chi connectivity index (χ4v) is 2.09. The van der Waals surface area contributed by atoms with Crippen molar-refractivity contribution in [1.29, 1.82) is 0 Å². The third-order valence-electron chi connectivity index (χ3n) is 3.06. The minimum absolute atomic E-state index is 0.236. The fourth-order valence-electron chi connectivity index (χ4n) is 2.09. The Balaban J connectivity index is 3.22. The average Bonchev–Trinajstić information content (AvgIpc) is 2.29. The summed E-state index contributed by atoms with van der Waals surface area (Å²) in [5.41, 5.74) is 2.99. The minimum atomic E-state index is 0.236. The van der Waals surface area contributed by atoms with Gasteiger partial charge in [0.05, 0.1) is 6.61 Å². The van der Waals surface area contributed by atoms with Crippen molar-refractivity contribution in [3.8, 4) is 5.75 Å². The quantitative estimate of drug-likeness (QED) is 0.693. The Hall–Kier alpha value is -1.31. The second-order valence-corrected chi connectivity index (χ2v) is 4.97. The summed E-state index contributed by atoms with van der Waals surface area (Å²) in [6.45, 7) is 10.9. The molecule has 0 heterocycles. The normalized spacial score (nSPS) is 10.8. The zero-order chi connectivity index (χ0) is 13.7. The number of aryl methyl sites for hydroxylation is 1. The molecule has 1 rings (SSSR count). The topological polar surface area (TPSA) is 26.3 Å². The van der Waals surface area contributed by atoms with E-state index in [9.17, 15) is 4.79 Å². The van der Waals surface area contributed by atoms with Crippen molar-refractivity contribution in [3.63, 3.8) is 0 Å². The van der Waals surface area contributed by atoms with E-state index in [0.717, 1.165) is 28.9 Å². The molecule has 0 aliphatic carbocycles. The number of benzene rings is 1. The zero-order valence-corrected chi connectivity index (χ0v) is 12.2. The standard InChI is InChI=1S/C16H24O2/c1-6-8-15(17)14-10-13(11(3)4)16(18-7-2)9-12(14)5/h9-11H,6-8H2,1-5H3. The number of hydrogen-bond donors (Lipinski definition) is 0. The maximum absolute atomic E-state index is 12.1. The lowest BCUT2D eigenvalue weighted by Crippen LogP contribution is -2.06. The molecule has 0 spiro atoms. The first-order valence-electron chi connectivity index (χ1n) is 6.81. The van der Waals surface area contributed by atoms with Gasteiger partial charge in [-0.1, -0.05) is 20.8 Å². The maximum atomic E-state index is 12.1. The largest absolute Gasteiger partial charge is 0.494 e. The van der Waals surface area contributed by atoms with Crippen LogP contribution in [0.3, 0.4) is 0 Å². The Labute approximate surface area is 110 Å². The van der Waals surface area contributed by atoms with E-state index in [1.54, 1.807) is 0 Å². The highest BCUT2D eigenvalue weighted by atomic mass is 16.5. The molecule has 2 nitrogen and oxygen atoms in total. The number of carbonyl (C=O) groups excluding carboxylic acids is 1. The van der Waals surface area contributed by atoms with Crippen LogP contribution in [0.15, 0.2) is 12.1 Å². The van der Waals surface area contributed by atoms with Gasteiger partial charge in [0, 0.05) is 12.0 Å². The number of hydrogen-bond acceptors (Lipinski definition) is 2. The van der Waals surface area contributed by atoms with Crippen LogP contribution in [0.5, 0.6) is 5.75 Å². The Bertz CT molecular complexity index is 419. The molecule has 0 radical (unpaired) electrons. The van der Waals surface area contributed by atoms with E-state index in [4.69, 9.17) is 4.74 Å². The maximum Gasteiger partial charge on any atom is 0.163 e. The molecule has 0 atom stereocenters. The van der Waals surface area contributed by atoms with Crippen LogP contribution in [0.4, 0.5) is 0 Å². The Morgan fingerprint density at radius 2 is 1.94 bits per heavy atom. The van der Waals surface area contributed by atoms with Crippen LogP contribution in [-0.2, 0) is 0 Å². The van der Waals surface area contributed by atoms with Gasteiger partial charge in [0.2, 0.25) is 0 Å². The molecule has 0 N–H and O–H groups in total. The molecule has 0 saturated carbocycles. The van der Waals surface area contributed by atoms with Gasteiger partial charge in [0.15, 0.2) is 5.78 Å². The summed E-state index contributed by atoms with van der Waals surface area (Å²) >= 11 is 0. The lowest BCUT2D eigenvalue weighted by molar-refractivity contribution is 0.0981. The minimum Gasteiger partial charge on any atom is -0.494 e. The lowest BCUT2D eigenvalue weighted by Gasteiger charge is -2.16. The summed E-state index contributed by atoms with van der Waals surface area (Å²) in [7, 11) is 0. The monoisotopic (exact) mass is 248 g/mol. The molecule has 0 aliphatic heterocycles. The third kappa shape index (κ3) is 3.34. The van der Waals surface area contributed by atoms with Gasteiger partial charge in [-0.25, -0.2) is 0 Å². The number of ether oxygens (including phenoxy) is 1. The van der Waals surface area contributed by atoms with Crippen LogP contribution in [0.1, 0.15) is 67.9 Å². The first kappa shape index (κ1) is 14.7.